The lowest BCUT2D eigenvalue weighted by atomic mass is 10.3. The van der Waals surface area contributed by atoms with Crippen molar-refractivity contribution >= 4 is 28.5 Å². The quantitative estimate of drug-likeness (QED) is 0.554. The highest BCUT2D eigenvalue weighted by Gasteiger charge is 2.07. The van der Waals surface area contributed by atoms with Crippen LogP contribution in [0.4, 0.5) is 5.69 Å². The molecule has 0 aliphatic heterocycles. The lowest BCUT2D eigenvalue weighted by molar-refractivity contribution is 0.429. The molecule has 0 saturated heterocycles. The molecule has 0 fully saturated rings. The number of anilines is 1. The number of aromatic amines is 1. The molecule has 0 spiro atoms. The molecule has 0 unspecified atom stereocenters. The molecular formula is C11H11N5OS. The summed E-state index contributed by atoms with van der Waals surface area (Å²) in [6.45, 7) is 1.76. The second-order valence-corrected chi connectivity index (χ2v) is 4.76. The number of fused-ring (bicyclic) bond motifs is 1. The molecule has 0 bridgehead atoms. The molecule has 0 atom stereocenters. The Morgan fingerprint density at radius 2 is 2.28 bits per heavy atom. The van der Waals surface area contributed by atoms with Gasteiger partial charge in [-0.2, -0.15) is 0 Å². The van der Waals surface area contributed by atoms with E-state index in [2.05, 4.69) is 20.2 Å². The first-order valence-corrected chi connectivity index (χ1v) is 6.36. The molecule has 2 aromatic heterocycles. The van der Waals surface area contributed by atoms with Gasteiger partial charge in [0.05, 0.1) is 16.8 Å². The van der Waals surface area contributed by atoms with Crippen LogP contribution in [-0.2, 0) is 5.75 Å². The van der Waals surface area contributed by atoms with Crippen LogP contribution in [0.15, 0.2) is 27.8 Å². The molecule has 0 aliphatic rings. The first kappa shape index (κ1) is 11.1. The van der Waals surface area contributed by atoms with Crippen molar-refractivity contribution in [2.45, 2.75) is 17.9 Å². The van der Waals surface area contributed by atoms with Crippen LogP contribution in [0.1, 0.15) is 11.7 Å². The van der Waals surface area contributed by atoms with E-state index in [1.807, 2.05) is 18.2 Å². The molecule has 6 nitrogen and oxygen atoms in total. The summed E-state index contributed by atoms with van der Waals surface area (Å²) >= 11 is 1.45. The Morgan fingerprint density at radius 3 is 3.06 bits per heavy atom. The van der Waals surface area contributed by atoms with E-state index < -0.39 is 0 Å². The van der Waals surface area contributed by atoms with Crippen LogP contribution in [0.5, 0.6) is 0 Å². The normalized spacial score (nSPS) is 11.2. The number of aryl methyl sites for hydroxylation is 1. The Kier molecular flexibility index (Phi) is 2.67. The molecule has 1 aromatic carbocycles. The largest absolute Gasteiger partial charge is 0.416 e. The van der Waals surface area contributed by atoms with Crippen LogP contribution in [0.25, 0.3) is 11.0 Å². The number of H-pyrrole nitrogens is 1. The number of nitrogen functional groups attached to an aromatic ring is 1. The summed E-state index contributed by atoms with van der Waals surface area (Å²) in [4.78, 5) is 7.67. The molecule has 0 radical (unpaired) electrons. The summed E-state index contributed by atoms with van der Waals surface area (Å²) < 4.78 is 5.28. The van der Waals surface area contributed by atoms with Gasteiger partial charge in [-0.3, -0.25) is 0 Å². The molecule has 0 amide bonds. The van der Waals surface area contributed by atoms with E-state index in [0.717, 1.165) is 22.5 Å². The van der Waals surface area contributed by atoms with E-state index in [0.29, 0.717) is 16.9 Å². The molecule has 0 aliphatic carbocycles. The molecule has 7 heteroatoms. The molecule has 3 aromatic rings. The average Bonchev–Trinajstić information content (AvgIpc) is 2.92. The topological polar surface area (TPSA) is 93.6 Å². The number of hydrogen-bond donors (Lipinski definition) is 2. The molecule has 2 heterocycles. The number of hydrogen-bond acceptors (Lipinski definition) is 6. The molecule has 3 N–H and O–H groups in total. The van der Waals surface area contributed by atoms with Gasteiger partial charge in [0.2, 0.25) is 5.89 Å². The van der Waals surface area contributed by atoms with Gasteiger partial charge in [-0.25, -0.2) is 4.98 Å². The minimum absolute atomic E-state index is 0.549. The van der Waals surface area contributed by atoms with Crippen LogP contribution in [0, 0.1) is 6.92 Å². The molecule has 0 saturated carbocycles. The molecular weight excluding hydrogens is 250 g/mol. The smallest absolute Gasteiger partial charge is 0.277 e. The van der Waals surface area contributed by atoms with Crippen LogP contribution < -0.4 is 5.73 Å². The Bertz CT molecular complexity index is 690. The number of nitrogens with zero attached hydrogens (tertiary/aromatic N) is 3. The van der Waals surface area contributed by atoms with E-state index in [1.54, 1.807) is 6.92 Å². The van der Waals surface area contributed by atoms with Crippen molar-refractivity contribution < 1.29 is 4.42 Å². The highest BCUT2D eigenvalue weighted by atomic mass is 32.2. The Morgan fingerprint density at radius 1 is 1.39 bits per heavy atom. The number of imidazole rings is 1. The van der Waals surface area contributed by atoms with Crippen molar-refractivity contribution in [3.8, 4) is 0 Å². The van der Waals surface area contributed by atoms with Crippen molar-refractivity contribution in [1.29, 1.82) is 0 Å². The van der Waals surface area contributed by atoms with Crippen molar-refractivity contribution in [3.63, 3.8) is 0 Å². The van der Waals surface area contributed by atoms with Gasteiger partial charge in [-0.1, -0.05) is 11.8 Å². The zero-order valence-electron chi connectivity index (χ0n) is 9.67. The number of benzene rings is 1. The van der Waals surface area contributed by atoms with Gasteiger partial charge in [0.15, 0.2) is 0 Å². The Labute approximate surface area is 107 Å². The lowest BCUT2D eigenvalue weighted by Crippen LogP contribution is -1.83. The van der Waals surface area contributed by atoms with Gasteiger partial charge in [0.1, 0.15) is 5.82 Å². The second-order valence-electron chi connectivity index (χ2n) is 3.84. The van der Waals surface area contributed by atoms with Crippen LogP contribution in [0.2, 0.25) is 0 Å². The summed E-state index contributed by atoms with van der Waals surface area (Å²) in [5.74, 6) is 2.07. The number of thioether (sulfide) groups is 1. The zero-order valence-corrected chi connectivity index (χ0v) is 10.5. The number of aromatic nitrogens is 4. The SMILES string of the molecule is Cc1nnc(SCc2nc3ccc(N)cc3[nH]2)o1. The summed E-state index contributed by atoms with van der Waals surface area (Å²) in [5, 5.41) is 8.23. The minimum atomic E-state index is 0.549. The van der Waals surface area contributed by atoms with Gasteiger partial charge >= 0.3 is 0 Å². The van der Waals surface area contributed by atoms with Crippen molar-refractivity contribution in [3.05, 3.63) is 29.9 Å². The third-order valence-electron chi connectivity index (χ3n) is 2.39. The zero-order chi connectivity index (χ0) is 12.5. The van der Waals surface area contributed by atoms with Gasteiger partial charge < -0.3 is 15.1 Å². The second kappa shape index (κ2) is 4.34. The van der Waals surface area contributed by atoms with Gasteiger partial charge in [-0.15, -0.1) is 10.2 Å². The fraction of sp³-hybridized carbons (Fsp3) is 0.182. The Hall–Kier alpha value is -2.02. The Balaban J connectivity index is 1.78. The number of nitrogens with two attached hydrogens (primary N) is 1. The number of rotatable bonds is 3. The molecule has 18 heavy (non-hydrogen) atoms. The van der Waals surface area contributed by atoms with Crippen LogP contribution in [0.3, 0.4) is 0 Å². The summed E-state index contributed by atoms with van der Waals surface area (Å²) in [5.41, 5.74) is 8.28. The fourth-order valence-corrected chi connectivity index (χ4v) is 2.29. The lowest BCUT2D eigenvalue weighted by Gasteiger charge is -1.91. The predicted molar refractivity (Wildman–Crippen MR) is 69.1 cm³/mol. The van der Waals surface area contributed by atoms with Crippen molar-refractivity contribution in [1.82, 2.24) is 20.2 Å². The maximum Gasteiger partial charge on any atom is 0.277 e. The van der Waals surface area contributed by atoms with Crippen molar-refractivity contribution in [2.24, 2.45) is 0 Å². The van der Waals surface area contributed by atoms with Crippen LogP contribution >= 0.6 is 11.8 Å². The van der Waals surface area contributed by atoms with Gasteiger partial charge in [-0.05, 0) is 18.2 Å². The minimum Gasteiger partial charge on any atom is -0.416 e. The number of nitrogens with one attached hydrogen (secondary N) is 1. The van der Waals surface area contributed by atoms with Crippen LogP contribution in [-0.4, -0.2) is 20.2 Å². The van der Waals surface area contributed by atoms with Gasteiger partial charge in [0, 0.05) is 12.6 Å². The summed E-state index contributed by atoms with van der Waals surface area (Å²) in [6, 6.07) is 5.60. The van der Waals surface area contributed by atoms with E-state index in [4.69, 9.17) is 10.2 Å². The summed E-state index contributed by atoms with van der Waals surface area (Å²) in [6.07, 6.45) is 0. The standard InChI is InChI=1S/C11H11N5OS/c1-6-15-16-11(17-6)18-5-10-13-8-3-2-7(12)4-9(8)14-10/h2-4H,5,12H2,1H3,(H,13,14). The van der Waals surface area contributed by atoms with E-state index >= 15 is 0 Å². The maximum absolute atomic E-state index is 5.71. The molecule has 92 valence electrons. The highest BCUT2D eigenvalue weighted by Crippen LogP contribution is 2.22. The highest BCUT2D eigenvalue weighted by molar-refractivity contribution is 7.98. The first-order valence-electron chi connectivity index (χ1n) is 5.38. The van der Waals surface area contributed by atoms with Gasteiger partial charge in [0.25, 0.3) is 5.22 Å². The first-order chi connectivity index (χ1) is 8.70. The molecule has 3 rings (SSSR count). The third kappa shape index (κ3) is 2.17. The van der Waals surface area contributed by atoms with E-state index in [9.17, 15) is 0 Å². The third-order valence-corrected chi connectivity index (χ3v) is 3.22. The van der Waals surface area contributed by atoms with E-state index in [1.165, 1.54) is 11.8 Å². The van der Waals surface area contributed by atoms with E-state index in [-0.39, 0.29) is 0 Å². The maximum atomic E-state index is 5.71. The van der Waals surface area contributed by atoms with Crippen molar-refractivity contribution in [2.75, 3.05) is 5.73 Å². The summed E-state index contributed by atoms with van der Waals surface area (Å²) in [7, 11) is 0. The predicted octanol–water partition coefficient (Wildman–Crippen LogP) is 2.13. The monoisotopic (exact) mass is 261 g/mol. The fourth-order valence-electron chi connectivity index (χ4n) is 1.62. The average molecular weight is 261 g/mol.